The number of nitrogens with zero attached hydrogens (tertiary/aromatic N) is 2. The van der Waals surface area contributed by atoms with E-state index in [-0.39, 0.29) is 5.91 Å². The number of nitrogens with one attached hydrogen (secondary N) is 1. The number of hydrogen-bond acceptors (Lipinski definition) is 7. The third-order valence-corrected chi connectivity index (χ3v) is 6.27. The van der Waals surface area contributed by atoms with Crippen molar-refractivity contribution in [2.45, 2.75) is 39.1 Å². The van der Waals surface area contributed by atoms with E-state index in [0.29, 0.717) is 34.5 Å². The maximum Gasteiger partial charge on any atom is 0.350 e. The van der Waals surface area contributed by atoms with Crippen molar-refractivity contribution in [2.24, 2.45) is 0 Å². The Morgan fingerprint density at radius 2 is 1.97 bits per heavy atom. The van der Waals surface area contributed by atoms with Gasteiger partial charge in [0, 0.05) is 17.6 Å². The standard InChI is InChI=1S/C21H23N3O3S2/c1-5-27-20(26)19-14(4)22-21(29-19)23-16(25)9-10-28-17-11-13(3)15-8-6-7-12(2)18(15)24-17/h6-8,11H,5,9-10H2,1-4H3,(H,22,23,25). The van der Waals surface area contributed by atoms with E-state index in [1.165, 1.54) is 5.56 Å². The van der Waals surface area contributed by atoms with Gasteiger partial charge < -0.3 is 10.1 Å². The average molecular weight is 430 g/mol. The first-order valence-corrected chi connectivity index (χ1v) is 11.1. The summed E-state index contributed by atoms with van der Waals surface area (Å²) in [5.41, 5.74) is 3.88. The smallest absolute Gasteiger partial charge is 0.350 e. The zero-order valence-corrected chi connectivity index (χ0v) is 18.5. The lowest BCUT2D eigenvalue weighted by Crippen LogP contribution is -2.12. The van der Waals surface area contributed by atoms with E-state index in [9.17, 15) is 9.59 Å². The molecule has 0 fully saturated rings. The van der Waals surface area contributed by atoms with Gasteiger partial charge in [-0.05, 0) is 44.9 Å². The first-order chi connectivity index (χ1) is 13.9. The van der Waals surface area contributed by atoms with Crippen molar-refractivity contribution in [1.29, 1.82) is 0 Å². The Bertz CT molecular complexity index is 1060. The Kier molecular flexibility index (Phi) is 6.87. The molecule has 0 spiro atoms. The molecule has 29 heavy (non-hydrogen) atoms. The number of amides is 1. The van der Waals surface area contributed by atoms with E-state index in [0.717, 1.165) is 32.8 Å². The first-order valence-electron chi connectivity index (χ1n) is 9.33. The summed E-state index contributed by atoms with van der Waals surface area (Å²) in [7, 11) is 0. The lowest BCUT2D eigenvalue weighted by atomic mass is 10.1. The molecule has 0 radical (unpaired) electrons. The molecule has 0 bridgehead atoms. The molecule has 2 heterocycles. The molecular formula is C21H23N3O3S2. The van der Waals surface area contributed by atoms with Gasteiger partial charge in [-0.2, -0.15) is 0 Å². The van der Waals surface area contributed by atoms with Crippen LogP contribution >= 0.6 is 23.1 Å². The van der Waals surface area contributed by atoms with E-state index in [1.54, 1.807) is 25.6 Å². The molecule has 2 aromatic heterocycles. The van der Waals surface area contributed by atoms with Crippen molar-refractivity contribution >= 4 is 51.0 Å². The van der Waals surface area contributed by atoms with Crippen molar-refractivity contribution in [2.75, 3.05) is 17.7 Å². The van der Waals surface area contributed by atoms with E-state index in [1.807, 2.05) is 6.07 Å². The molecule has 3 rings (SSSR count). The molecule has 1 amide bonds. The summed E-state index contributed by atoms with van der Waals surface area (Å²) in [5, 5.41) is 5.24. The van der Waals surface area contributed by atoms with Gasteiger partial charge >= 0.3 is 5.97 Å². The Balaban J connectivity index is 1.58. The zero-order valence-electron chi connectivity index (χ0n) is 16.9. The highest BCUT2D eigenvalue weighted by atomic mass is 32.2. The number of thiazole rings is 1. The van der Waals surface area contributed by atoms with Crippen LogP contribution in [0.4, 0.5) is 5.13 Å². The lowest BCUT2D eigenvalue weighted by molar-refractivity contribution is -0.115. The van der Waals surface area contributed by atoms with Crippen LogP contribution in [-0.4, -0.2) is 34.2 Å². The number of para-hydroxylation sites is 1. The molecule has 1 aromatic carbocycles. The maximum atomic E-state index is 12.3. The number of benzene rings is 1. The molecule has 0 saturated heterocycles. The van der Waals surface area contributed by atoms with Crippen LogP contribution in [0.2, 0.25) is 0 Å². The van der Waals surface area contributed by atoms with Gasteiger partial charge in [0.2, 0.25) is 5.91 Å². The number of rotatable bonds is 7. The summed E-state index contributed by atoms with van der Waals surface area (Å²) >= 11 is 2.69. The predicted octanol–water partition coefficient (Wildman–Crippen LogP) is 4.91. The minimum absolute atomic E-state index is 0.143. The van der Waals surface area contributed by atoms with Crippen LogP contribution in [0.1, 0.15) is 39.8 Å². The lowest BCUT2D eigenvalue weighted by Gasteiger charge is -2.08. The molecule has 0 unspecified atom stereocenters. The monoisotopic (exact) mass is 429 g/mol. The second-order valence-corrected chi connectivity index (χ2v) is 8.66. The van der Waals surface area contributed by atoms with Crippen LogP contribution in [0, 0.1) is 20.8 Å². The van der Waals surface area contributed by atoms with Crippen molar-refractivity contribution in [1.82, 2.24) is 9.97 Å². The van der Waals surface area contributed by atoms with Crippen molar-refractivity contribution in [3.63, 3.8) is 0 Å². The fourth-order valence-electron chi connectivity index (χ4n) is 2.87. The number of fused-ring (bicyclic) bond motifs is 1. The number of aromatic nitrogens is 2. The summed E-state index contributed by atoms with van der Waals surface area (Å²) in [6, 6.07) is 8.22. The second-order valence-electron chi connectivity index (χ2n) is 6.55. The van der Waals surface area contributed by atoms with Crippen LogP contribution in [-0.2, 0) is 9.53 Å². The number of thioether (sulfide) groups is 1. The summed E-state index contributed by atoms with van der Waals surface area (Å²) in [5.74, 6) is 0.0482. The topological polar surface area (TPSA) is 81.2 Å². The Morgan fingerprint density at radius 1 is 1.17 bits per heavy atom. The normalized spacial score (nSPS) is 10.9. The molecule has 0 atom stereocenters. The number of esters is 1. The summed E-state index contributed by atoms with van der Waals surface area (Å²) in [6.45, 7) is 7.91. The molecule has 8 heteroatoms. The fraction of sp³-hybridized carbons (Fsp3) is 0.333. The molecule has 0 aliphatic carbocycles. The van der Waals surface area contributed by atoms with Crippen molar-refractivity contribution in [3.05, 3.63) is 46.0 Å². The highest BCUT2D eigenvalue weighted by Crippen LogP contribution is 2.27. The molecule has 3 aromatic rings. The minimum atomic E-state index is -0.411. The molecule has 6 nitrogen and oxygen atoms in total. The molecule has 1 N–H and O–H groups in total. The van der Waals surface area contributed by atoms with E-state index in [2.05, 4.69) is 42.3 Å². The molecule has 0 saturated carbocycles. The van der Waals surface area contributed by atoms with Gasteiger partial charge in [0.25, 0.3) is 0 Å². The number of hydrogen-bond donors (Lipinski definition) is 1. The predicted molar refractivity (Wildman–Crippen MR) is 118 cm³/mol. The third kappa shape index (κ3) is 5.13. The van der Waals surface area contributed by atoms with E-state index in [4.69, 9.17) is 9.72 Å². The quantitative estimate of drug-likeness (QED) is 0.424. The van der Waals surface area contributed by atoms with Crippen LogP contribution in [0.25, 0.3) is 10.9 Å². The Hall–Kier alpha value is -2.45. The van der Waals surface area contributed by atoms with Crippen LogP contribution in [0.15, 0.2) is 29.3 Å². The molecule has 152 valence electrons. The van der Waals surface area contributed by atoms with Gasteiger partial charge in [-0.3, -0.25) is 4.79 Å². The summed E-state index contributed by atoms with van der Waals surface area (Å²) < 4.78 is 5.00. The molecule has 0 aliphatic rings. The van der Waals surface area contributed by atoms with Gasteiger partial charge in [-0.1, -0.05) is 29.5 Å². The zero-order chi connectivity index (χ0) is 21.0. The first kappa shape index (κ1) is 21.3. The molecule has 0 aliphatic heterocycles. The highest BCUT2D eigenvalue weighted by molar-refractivity contribution is 7.99. The van der Waals surface area contributed by atoms with E-state index >= 15 is 0 Å². The number of carbonyl (C=O) groups excluding carboxylic acids is 2. The van der Waals surface area contributed by atoms with Gasteiger partial charge in [0.05, 0.1) is 22.8 Å². The number of anilines is 1. The fourth-order valence-corrected chi connectivity index (χ4v) is 4.66. The van der Waals surface area contributed by atoms with E-state index < -0.39 is 5.97 Å². The largest absolute Gasteiger partial charge is 0.462 e. The van der Waals surface area contributed by atoms with Gasteiger partial charge in [-0.25, -0.2) is 14.8 Å². The highest BCUT2D eigenvalue weighted by Gasteiger charge is 2.17. The Labute approximate surface area is 178 Å². The number of aryl methyl sites for hydroxylation is 3. The molecular weight excluding hydrogens is 406 g/mol. The number of ether oxygens (including phenoxy) is 1. The van der Waals surface area contributed by atoms with Crippen LogP contribution in [0.3, 0.4) is 0 Å². The van der Waals surface area contributed by atoms with Crippen LogP contribution < -0.4 is 5.32 Å². The van der Waals surface area contributed by atoms with Gasteiger partial charge in [0.15, 0.2) is 5.13 Å². The number of carbonyl (C=O) groups is 2. The van der Waals surface area contributed by atoms with Crippen molar-refractivity contribution in [3.8, 4) is 0 Å². The Morgan fingerprint density at radius 3 is 2.72 bits per heavy atom. The van der Waals surface area contributed by atoms with Gasteiger partial charge in [0.1, 0.15) is 4.88 Å². The summed E-state index contributed by atoms with van der Waals surface area (Å²) in [6.07, 6.45) is 0.324. The SMILES string of the molecule is CCOC(=O)c1sc(NC(=O)CCSc2cc(C)c3cccc(C)c3n2)nc1C. The van der Waals surface area contributed by atoms with Gasteiger partial charge in [-0.15, -0.1) is 11.8 Å². The number of pyridine rings is 1. The minimum Gasteiger partial charge on any atom is -0.462 e. The average Bonchev–Trinajstić information content (AvgIpc) is 3.03. The summed E-state index contributed by atoms with van der Waals surface area (Å²) in [4.78, 5) is 33.5. The maximum absolute atomic E-state index is 12.3. The third-order valence-electron chi connectivity index (χ3n) is 4.31. The van der Waals surface area contributed by atoms with Crippen LogP contribution in [0.5, 0.6) is 0 Å². The second kappa shape index (κ2) is 9.37. The van der Waals surface area contributed by atoms with Crippen molar-refractivity contribution < 1.29 is 14.3 Å².